The molecule has 0 radical (unpaired) electrons. The van der Waals surface area contributed by atoms with Crippen LogP contribution in [0.5, 0.6) is 0 Å². The van der Waals surface area contributed by atoms with Gasteiger partial charge in [0.05, 0.1) is 16.3 Å². The highest BCUT2D eigenvalue weighted by Gasteiger charge is 2.30. The molecule has 0 saturated carbocycles. The standard InChI is InChI=1S/C12H14ClF3N2O/c1-2-17-11(19)5-6-18-10-4-3-8(7-9(10)13)12(14,15)16/h3-4,7,18H,2,5-6H2,1H3,(H,17,19). The van der Waals surface area contributed by atoms with Gasteiger partial charge in [0.25, 0.3) is 0 Å². The third-order valence-corrected chi connectivity index (χ3v) is 2.65. The van der Waals surface area contributed by atoms with Crippen LogP contribution in [0.2, 0.25) is 5.02 Å². The first kappa shape index (κ1) is 15.6. The highest BCUT2D eigenvalue weighted by molar-refractivity contribution is 6.33. The van der Waals surface area contributed by atoms with E-state index < -0.39 is 11.7 Å². The smallest absolute Gasteiger partial charge is 0.383 e. The molecule has 0 bridgehead atoms. The van der Waals surface area contributed by atoms with Crippen LogP contribution in [0.15, 0.2) is 18.2 Å². The van der Waals surface area contributed by atoms with Crippen LogP contribution < -0.4 is 10.6 Å². The van der Waals surface area contributed by atoms with Gasteiger partial charge in [0.15, 0.2) is 0 Å². The zero-order valence-corrected chi connectivity index (χ0v) is 11.0. The number of alkyl halides is 3. The maximum absolute atomic E-state index is 12.4. The predicted molar refractivity (Wildman–Crippen MR) is 68.2 cm³/mol. The van der Waals surface area contributed by atoms with Crippen molar-refractivity contribution in [1.82, 2.24) is 5.32 Å². The number of hydrogen-bond donors (Lipinski definition) is 2. The highest BCUT2D eigenvalue weighted by atomic mass is 35.5. The lowest BCUT2D eigenvalue weighted by Crippen LogP contribution is -2.24. The minimum atomic E-state index is -4.41. The summed E-state index contributed by atoms with van der Waals surface area (Å²) in [6.07, 6.45) is -4.19. The van der Waals surface area contributed by atoms with Gasteiger partial charge in [-0.1, -0.05) is 11.6 Å². The lowest BCUT2D eigenvalue weighted by Gasteiger charge is -2.11. The third kappa shape index (κ3) is 4.98. The Balaban J connectivity index is 2.58. The van der Waals surface area contributed by atoms with Crippen LogP contribution in [-0.2, 0) is 11.0 Å². The molecular weight excluding hydrogens is 281 g/mol. The molecule has 3 nitrogen and oxygen atoms in total. The first-order chi connectivity index (χ1) is 8.84. The number of halogens is 4. The molecule has 7 heteroatoms. The second-order valence-corrected chi connectivity index (χ2v) is 4.23. The van der Waals surface area contributed by atoms with Crippen molar-refractivity contribution in [1.29, 1.82) is 0 Å². The molecule has 1 aromatic carbocycles. The fraction of sp³-hybridized carbons (Fsp3) is 0.417. The number of benzene rings is 1. The molecule has 0 fully saturated rings. The average Bonchev–Trinajstić information content (AvgIpc) is 2.30. The molecule has 19 heavy (non-hydrogen) atoms. The summed E-state index contributed by atoms with van der Waals surface area (Å²) in [4.78, 5) is 11.2. The maximum Gasteiger partial charge on any atom is 0.416 e. The summed E-state index contributed by atoms with van der Waals surface area (Å²) in [5.41, 5.74) is -0.425. The SMILES string of the molecule is CCNC(=O)CCNc1ccc(C(F)(F)F)cc1Cl. The molecule has 0 unspecified atom stereocenters. The third-order valence-electron chi connectivity index (χ3n) is 2.34. The van der Waals surface area contributed by atoms with Gasteiger partial charge >= 0.3 is 6.18 Å². The largest absolute Gasteiger partial charge is 0.416 e. The second kappa shape index (κ2) is 6.65. The van der Waals surface area contributed by atoms with E-state index in [0.29, 0.717) is 18.8 Å². The number of hydrogen-bond acceptors (Lipinski definition) is 2. The van der Waals surface area contributed by atoms with E-state index >= 15 is 0 Å². The Kier molecular flexibility index (Phi) is 5.47. The van der Waals surface area contributed by atoms with Crippen molar-refractivity contribution in [3.05, 3.63) is 28.8 Å². The Morgan fingerprint density at radius 1 is 1.37 bits per heavy atom. The van der Waals surface area contributed by atoms with E-state index in [1.807, 2.05) is 0 Å². The van der Waals surface area contributed by atoms with Crippen LogP contribution in [0.1, 0.15) is 18.9 Å². The second-order valence-electron chi connectivity index (χ2n) is 3.82. The van der Waals surface area contributed by atoms with Crippen molar-refractivity contribution in [3.63, 3.8) is 0 Å². The van der Waals surface area contributed by atoms with E-state index in [-0.39, 0.29) is 17.4 Å². The van der Waals surface area contributed by atoms with Crippen LogP contribution in [0.25, 0.3) is 0 Å². The molecule has 0 aromatic heterocycles. The molecule has 0 aliphatic carbocycles. The molecule has 2 N–H and O–H groups in total. The average molecular weight is 295 g/mol. The van der Waals surface area contributed by atoms with Crippen LogP contribution in [-0.4, -0.2) is 19.0 Å². The van der Waals surface area contributed by atoms with Crippen molar-refractivity contribution in [2.24, 2.45) is 0 Å². The molecular formula is C12H14ClF3N2O. The first-order valence-electron chi connectivity index (χ1n) is 5.72. The van der Waals surface area contributed by atoms with Crippen molar-refractivity contribution in [2.75, 3.05) is 18.4 Å². The van der Waals surface area contributed by atoms with Crippen LogP contribution in [0, 0.1) is 0 Å². The fourth-order valence-corrected chi connectivity index (χ4v) is 1.68. The minimum Gasteiger partial charge on any atom is -0.383 e. The maximum atomic E-state index is 12.4. The number of carbonyl (C=O) groups excluding carboxylic acids is 1. The van der Waals surface area contributed by atoms with Gasteiger partial charge in [0.2, 0.25) is 5.91 Å². The van der Waals surface area contributed by atoms with Gasteiger partial charge in [0, 0.05) is 19.5 Å². The Bertz CT molecular complexity index is 449. The molecule has 0 saturated heterocycles. The number of amides is 1. The summed E-state index contributed by atoms with van der Waals surface area (Å²) in [5, 5.41) is 5.41. The van der Waals surface area contributed by atoms with E-state index in [1.54, 1.807) is 6.92 Å². The van der Waals surface area contributed by atoms with Gasteiger partial charge in [-0.25, -0.2) is 0 Å². The van der Waals surface area contributed by atoms with Gasteiger partial charge in [-0.2, -0.15) is 13.2 Å². The zero-order valence-electron chi connectivity index (χ0n) is 10.3. The number of anilines is 1. The molecule has 0 aliphatic rings. The summed E-state index contributed by atoms with van der Waals surface area (Å²) in [5.74, 6) is -0.127. The van der Waals surface area contributed by atoms with Gasteiger partial charge in [-0.3, -0.25) is 4.79 Å². The first-order valence-corrected chi connectivity index (χ1v) is 6.09. The minimum absolute atomic E-state index is 0.0225. The van der Waals surface area contributed by atoms with Crippen molar-refractivity contribution < 1.29 is 18.0 Å². The lowest BCUT2D eigenvalue weighted by molar-refractivity contribution is -0.137. The lowest BCUT2D eigenvalue weighted by atomic mass is 10.2. The van der Waals surface area contributed by atoms with Gasteiger partial charge in [-0.05, 0) is 25.1 Å². The Hall–Kier alpha value is -1.43. The normalized spacial score (nSPS) is 11.2. The number of rotatable bonds is 5. The van der Waals surface area contributed by atoms with E-state index in [9.17, 15) is 18.0 Å². The highest BCUT2D eigenvalue weighted by Crippen LogP contribution is 2.33. The van der Waals surface area contributed by atoms with Crippen molar-refractivity contribution in [2.45, 2.75) is 19.5 Å². The monoisotopic (exact) mass is 294 g/mol. The van der Waals surface area contributed by atoms with Gasteiger partial charge in [-0.15, -0.1) is 0 Å². The summed E-state index contributed by atoms with van der Waals surface area (Å²) in [6, 6.07) is 3.05. The molecule has 0 heterocycles. The molecule has 1 amide bonds. The molecule has 0 spiro atoms. The van der Waals surface area contributed by atoms with E-state index in [2.05, 4.69) is 10.6 Å². The Morgan fingerprint density at radius 2 is 2.05 bits per heavy atom. The summed E-state index contributed by atoms with van der Waals surface area (Å²) >= 11 is 5.75. The van der Waals surface area contributed by atoms with Gasteiger partial charge < -0.3 is 10.6 Å². The Morgan fingerprint density at radius 3 is 2.58 bits per heavy atom. The van der Waals surface area contributed by atoms with E-state index in [4.69, 9.17) is 11.6 Å². The predicted octanol–water partition coefficient (Wildman–Crippen LogP) is 3.30. The van der Waals surface area contributed by atoms with Crippen molar-refractivity contribution >= 4 is 23.2 Å². The fourth-order valence-electron chi connectivity index (χ4n) is 1.43. The Labute approximate surface area is 114 Å². The zero-order chi connectivity index (χ0) is 14.5. The number of carbonyl (C=O) groups is 1. The summed E-state index contributed by atoms with van der Waals surface area (Å²) in [6.45, 7) is 2.65. The van der Waals surface area contributed by atoms with Crippen molar-refractivity contribution in [3.8, 4) is 0 Å². The van der Waals surface area contributed by atoms with E-state index in [1.165, 1.54) is 6.07 Å². The molecule has 0 atom stereocenters. The molecule has 1 rings (SSSR count). The molecule has 1 aromatic rings. The number of nitrogens with one attached hydrogen (secondary N) is 2. The van der Waals surface area contributed by atoms with Crippen LogP contribution >= 0.6 is 11.6 Å². The molecule has 106 valence electrons. The van der Waals surface area contributed by atoms with E-state index in [0.717, 1.165) is 12.1 Å². The van der Waals surface area contributed by atoms with Gasteiger partial charge in [0.1, 0.15) is 0 Å². The van der Waals surface area contributed by atoms with Crippen LogP contribution in [0.3, 0.4) is 0 Å². The molecule has 0 aliphatic heterocycles. The topological polar surface area (TPSA) is 41.1 Å². The van der Waals surface area contributed by atoms with Crippen LogP contribution in [0.4, 0.5) is 18.9 Å². The quantitative estimate of drug-likeness (QED) is 0.875. The summed E-state index contributed by atoms with van der Waals surface area (Å²) in [7, 11) is 0. The summed E-state index contributed by atoms with van der Waals surface area (Å²) < 4.78 is 37.2.